The molecule has 1 aromatic rings. The molecule has 0 aromatic heterocycles. The fraction of sp³-hybridized carbons (Fsp3) is 0.300. The molecule has 0 heterocycles. The molecular formula is C10H11NOS. The van der Waals surface area contributed by atoms with E-state index in [1.54, 1.807) is 17.8 Å². The first-order chi connectivity index (χ1) is 6.29. The monoisotopic (exact) mass is 193 g/mol. The number of phenols is 1. The zero-order chi connectivity index (χ0) is 9.68. The van der Waals surface area contributed by atoms with Gasteiger partial charge in [-0.3, -0.25) is 0 Å². The molecule has 1 aromatic carbocycles. The number of benzene rings is 1. The highest BCUT2D eigenvalue weighted by atomic mass is 32.2. The van der Waals surface area contributed by atoms with Gasteiger partial charge in [0.1, 0.15) is 17.4 Å². The predicted molar refractivity (Wildman–Crippen MR) is 53.8 cm³/mol. The third-order valence-corrected chi connectivity index (χ3v) is 2.84. The zero-order valence-electron chi connectivity index (χ0n) is 7.45. The van der Waals surface area contributed by atoms with Gasteiger partial charge in [0.15, 0.2) is 0 Å². The van der Waals surface area contributed by atoms with Crippen LogP contribution in [0.1, 0.15) is 18.9 Å². The summed E-state index contributed by atoms with van der Waals surface area (Å²) in [6, 6.07) is 7.16. The minimum absolute atomic E-state index is 0.0728. The van der Waals surface area contributed by atoms with Crippen LogP contribution in [0.3, 0.4) is 0 Å². The van der Waals surface area contributed by atoms with Crippen molar-refractivity contribution >= 4 is 11.8 Å². The van der Waals surface area contributed by atoms with E-state index in [9.17, 15) is 5.11 Å². The van der Waals surface area contributed by atoms with E-state index >= 15 is 0 Å². The highest BCUT2D eigenvalue weighted by Gasteiger charge is 2.05. The summed E-state index contributed by atoms with van der Waals surface area (Å²) in [6.07, 6.45) is 1.06. The van der Waals surface area contributed by atoms with Gasteiger partial charge in [0, 0.05) is 4.90 Å². The number of rotatable bonds is 3. The maximum Gasteiger partial charge on any atom is 0.134 e. The van der Waals surface area contributed by atoms with Crippen molar-refractivity contribution in [1.29, 1.82) is 5.26 Å². The second kappa shape index (κ2) is 4.78. The first kappa shape index (κ1) is 9.94. The van der Waals surface area contributed by atoms with Crippen LogP contribution in [-0.4, -0.2) is 10.9 Å². The van der Waals surface area contributed by atoms with Gasteiger partial charge in [-0.2, -0.15) is 5.26 Å². The number of phenolic OH excluding ortho intramolecular Hbond substituents is 1. The summed E-state index contributed by atoms with van der Waals surface area (Å²) in [5.41, 5.74) is 0.390. The van der Waals surface area contributed by atoms with Crippen molar-refractivity contribution in [2.45, 2.75) is 18.2 Å². The number of thioether (sulfide) groups is 1. The summed E-state index contributed by atoms with van der Waals surface area (Å²) in [5, 5.41) is 18.1. The Labute approximate surface area is 82.2 Å². The fourth-order valence-corrected chi connectivity index (χ4v) is 1.86. The summed E-state index contributed by atoms with van der Waals surface area (Å²) in [4.78, 5) is 0.865. The molecule has 0 atom stereocenters. The minimum Gasteiger partial charge on any atom is -0.507 e. The number of nitriles is 1. The average Bonchev–Trinajstić information content (AvgIpc) is 2.15. The maximum absolute atomic E-state index is 9.35. The Kier molecular flexibility index (Phi) is 3.66. The summed E-state index contributed by atoms with van der Waals surface area (Å²) in [6.45, 7) is 2.09. The second-order valence-electron chi connectivity index (χ2n) is 2.61. The third-order valence-electron chi connectivity index (χ3n) is 1.58. The molecule has 3 heteroatoms. The average molecular weight is 193 g/mol. The highest BCUT2D eigenvalue weighted by molar-refractivity contribution is 7.99. The summed E-state index contributed by atoms with van der Waals surface area (Å²) >= 11 is 1.60. The molecule has 13 heavy (non-hydrogen) atoms. The van der Waals surface area contributed by atoms with Crippen molar-refractivity contribution in [3.63, 3.8) is 0 Å². The Bertz CT molecular complexity index is 330. The molecule has 0 spiro atoms. The molecule has 2 nitrogen and oxygen atoms in total. The topological polar surface area (TPSA) is 44.0 Å². The van der Waals surface area contributed by atoms with E-state index in [1.165, 1.54) is 6.07 Å². The van der Waals surface area contributed by atoms with Crippen LogP contribution in [0.15, 0.2) is 23.1 Å². The molecule has 1 rings (SSSR count). The van der Waals surface area contributed by atoms with Crippen LogP contribution in [-0.2, 0) is 0 Å². The van der Waals surface area contributed by atoms with Crippen LogP contribution in [0.25, 0.3) is 0 Å². The normalized spacial score (nSPS) is 9.54. The molecule has 68 valence electrons. The standard InChI is InChI=1S/C10H11NOS/c1-2-6-13-10-5-3-4-9(12)8(10)7-11/h3-5,12H,2,6H2,1H3. The molecule has 0 aliphatic heterocycles. The first-order valence-corrected chi connectivity index (χ1v) is 5.13. The van der Waals surface area contributed by atoms with E-state index in [0.717, 1.165) is 17.1 Å². The van der Waals surface area contributed by atoms with Crippen molar-refractivity contribution < 1.29 is 5.11 Å². The van der Waals surface area contributed by atoms with Gasteiger partial charge in [-0.05, 0) is 24.3 Å². The minimum atomic E-state index is 0.0728. The van der Waals surface area contributed by atoms with E-state index in [1.807, 2.05) is 12.1 Å². The first-order valence-electron chi connectivity index (χ1n) is 4.14. The Hall–Kier alpha value is -1.14. The van der Waals surface area contributed by atoms with Gasteiger partial charge >= 0.3 is 0 Å². The van der Waals surface area contributed by atoms with Crippen LogP contribution in [0.5, 0.6) is 5.75 Å². The summed E-state index contributed by atoms with van der Waals surface area (Å²) in [7, 11) is 0. The highest BCUT2D eigenvalue weighted by Crippen LogP contribution is 2.28. The van der Waals surface area contributed by atoms with Gasteiger partial charge in [0.25, 0.3) is 0 Å². The lowest BCUT2D eigenvalue weighted by atomic mass is 10.2. The lowest BCUT2D eigenvalue weighted by molar-refractivity contribution is 0.472. The van der Waals surface area contributed by atoms with E-state index in [-0.39, 0.29) is 5.75 Å². The Morgan fingerprint density at radius 1 is 1.54 bits per heavy atom. The Morgan fingerprint density at radius 2 is 2.31 bits per heavy atom. The second-order valence-corrected chi connectivity index (χ2v) is 3.75. The van der Waals surface area contributed by atoms with Crippen LogP contribution in [0.4, 0.5) is 0 Å². The van der Waals surface area contributed by atoms with Crippen LogP contribution in [0, 0.1) is 11.3 Å². The molecule has 0 bridgehead atoms. The van der Waals surface area contributed by atoms with Crippen molar-refractivity contribution in [3.8, 4) is 11.8 Å². The van der Waals surface area contributed by atoms with Crippen LogP contribution < -0.4 is 0 Å². The van der Waals surface area contributed by atoms with Crippen molar-refractivity contribution in [1.82, 2.24) is 0 Å². The maximum atomic E-state index is 9.35. The molecule has 0 aliphatic rings. The van der Waals surface area contributed by atoms with E-state index in [0.29, 0.717) is 5.56 Å². The molecule has 0 saturated heterocycles. The number of hydrogen-bond acceptors (Lipinski definition) is 3. The van der Waals surface area contributed by atoms with Crippen molar-refractivity contribution in [2.24, 2.45) is 0 Å². The van der Waals surface area contributed by atoms with Crippen LogP contribution >= 0.6 is 11.8 Å². The molecule has 0 unspecified atom stereocenters. The number of nitrogens with zero attached hydrogens (tertiary/aromatic N) is 1. The molecule has 0 saturated carbocycles. The summed E-state index contributed by atoms with van der Waals surface area (Å²) in [5.74, 6) is 1.04. The number of aromatic hydroxyl groups is 1. The molecule has 0 radical (unpaired) electrons. The van der Waals surface area contributed by atoms with Crippen LogP contribution in [0.2, 0.25) is 0 Å². The van der Waals surface area contributed by atoms with Gasteiger partial charge in [0.2, 0.25) is 0 Å². The Balaban J connectivity index is 2.93. The van der Waals surface area contributed by atoms with E-state index in [4.69, 9.17) is 5.26 Å². The predicted octanol–water partition coefficient (Wildman–Crippen LogP) is 2.77. The SMILES string of the molecule is CCCSc1cccc(O)c1C#N. The van der Waals surface area contributed by atoms with Crippen molar-refractivity contribution in [2.75, 3.05) is 5.75 Å². The quantitative estimate of drug-likeness (QED) is 0.751. The lowest BCUT2D eigenvalue weighted by Crippen LogP contribution is -1.83. The van der Waals surface area contributed by atoms with Gasteiger partial charge in [-0.25, -0.2) is 0 Å². The van der Waals surface area contributed by atoms with Gasteiger partial charge < -0.3 is 5.11 Å². The summed E-state index contributed by atoms with van der Waals surface area (Å²) < 4.78 is 0. The van der Waals surface area contributed by atoms with E-state index < -0.39 is 0 Å². The van der Waals surface area contributed by atoms with Gasteiger partial charge in [-0.15, -0.1) is 11.8 Å². The molecule has 0 fully saturated rings. The number of hydrogen-bond donors (Lipinski definition) is 1. The fourth-order valence-electron chi connectivity index (χ4n) is 0.964. The van der Waals surface area contributed by atoms with Gasteiger partial charge in [0.05, 0.1) is 0 Å². The largest absolute Gasteiger partial charge is 0.507 e. The Morgan fingerprint density at radius 3 is 2.92 bits per heavy atom. The smallest absolute Gasteiger partial charge is 0.134 e. The molecule has 0 aliphatic carbocycles. The van der Waals surface area contributed by atoms with Crippen molar-refractivity contribution in [3.05, 3.63) is 23.8 Å². The molecule has 1 N–H and O–H groups in total. The van der Waals surface area contributed by atoms with E-state index in [2.05, 4.69) is 6.92 Å². The lowest BCUT2D eigenvalue weighted by Gasteiger charge is -2.03. The zero-order valence-corrected chi connectivity index (χ0v) is 8.27. The molecular weight excluding hydrogens is 182 g/mol. The third kappa shape index (κ3) is 2.40. The molecule has 0 amide bonds. The van der Waals surface area contributed by atoms with Gasteiger partial charge in [-0.1, -0.05) is 13.0 Å².